The molecule has 78 valence electrons. The summed E-state index contributed by atoms with van der Waals surface area (Å²) >= 11 is 0. The standard InChI is InChI=1S/C11H10FNO2/c1-6-5-13-10-8(6)3-7(4-9(10)12)11(14)15-2/h3-5,13H,1-2H3. The van der Waals surface area contributed by atoms with E-state index in [1.165, 1.54) is 13.2 Å². The molecule has 2 aromatic rings. The average molecular weight is 207 g/mol. The van der Waals surface area contributed by atoms with E-state index >= 15 is 0 Å². The van der Waals surface area contributed by atoms with Gasteiger partial charge < -0.3 is 9.72 Å². The van der Waals surface area contributed by atoms with Gasteiger partial charge in [-0.1, -0.05) is 0 Å². The minimum atomic E-state index is -0.531. The van der Waals surface area contributed by atoms with E-state index in [9.17, 15) is 9.18 Å². The summed E-state index contributed by atoms with van der Waals surface area (Å²) in [6, 6.07) is 2.79. The van der Waals surface area contributed by atoms with Crippen LogP contribution in [0.5, 0.6) is 0 Å². The van der Waals surface area contributed by atoms with Gasteiger partial charge in [0.1, 0.15) is 5.82 Å². The Morgan fingerprint density at radius 1 is 1.47 bits per heavy atom. The second-order valence-electron chi connectivity index (χ2n) is 3.34. The number of aromatic nitrogens is 1. The molecule has 0 aliphatic rings. The lowest BCUT2D eigenvalue weighted by Gasteiger charge is -2.01. The van der Waals surface area contributed by atoms with Gasteiger partial charge in [-0.05, 0) is 24.6 Å². The summed E-state index contributed by atoms with van der Waals surface area (Å²) in [4.78, 5) is 14.1. The van der Waals surface area contributed by atoms with E-state index in [1.807, 2.05) is 6.92 Å². The number of hydrogen-bond donors (Lipinski definition) is 1. The minimum Gasteiger partial charge on any atom is -0.465 e. The SMILES string of the molecule is COC(=O)c1cc(F)c2[nH]cc(C)c2c1. The van der Waals surface area contributed by atoms with E-state index in [-0.39, 0.29) is 5.56 Å². The summed E-state index contributed by atoms with van der Waals surface area (Å²) in [5, 5.41) is 0.704. The van der Waals surface area contributed by atoms with Gasteiger partial charge in [0, 0.05) is 11.6 Å². The molecule has 0 radical (unpaired) electrons. The Morgan fingerprint density at radius 3 is 2.87 bits per heavy atom. The highest BCUT2D eigenvalue weighted by atomic mass is 19.1. The van der Waals surface area contributed by atoms with Crippen LogP contribution in [0.15, 0.2) is 18.3 Å². The van der Waals surface area contributed by atoms with Crippen LogP contribution in [-0.4, -0.2) is 18.1 Å². The Bertz CT molecular complexity index is 531. The second kappa shape index (κ2) is 3.38. The maximum atomic E-state index is 13.5. The lowest BCUT2D eigenvalue weighted by molar-refractivity contribution is 0.0600. The number of aromatic amines is 1. The Kier molecular flexibility index (Phi) is 2.19. The molecule has 0 bridgehead atoms. The molecule has 0 amide bonds. The summed E-state index contributed by atoms with van der Waals surface area (Å²) < 4.78 is 18.1. The molecule has 15 heavy (non-hydrogen) atoms. The molecule has 0 saturated heterocycles. The van der Waals surface area contributed by atoms with E-state index in [4.69, 9.17) is 0 Å². The molecule has 0 fully saturated rings. The van der Waals surface area contributed by atoms with Gasteiger partial charge in [0.05, 0.1) is 18.2 Å². The molecular weight excluding hydrogens is 197 g/mol. The largest absolute Gasteiger partial charge is 0.465 e. The average Bonchev–Trinajstić information content (AvgIpc) is 2.60. The maximum absolute atomic E-state index is 13.5. The van der Waals surface area contributed by atoms with E-state index in [0.29, 0.717) is 10.9 Å². The van der Waals surface area contributed by atoms with Crippen molar-refractivity contribution in [3.05, 3.63) is 35.3 Å². The van der Waals surface area contributed by atoms with Crippen LogP contribution in [0.3, 0.4) is 0 Å². The van der Waals surface area contributed by atoms with Crippen LogP contribution in [0.1, 0.15) is 15.9 Å². The molecule has 2 rings (SSSR count). The number of esters is 1. The number of fused-ring (bicyclic) bond motifs is 1. The van der Waals surface area contributed by atoms with Crippen molar-refractivity contribution in [2.75, 3.05) is 7.11 Å². The van der Waals surface area contributed by atoms with Crippen molar-refractivity contribution in [3.63, 3.8) is 0 Å². The number of hydrogen-bond acceptors (Lipinski definition) is 2. The number of methoxy groups -OCH3 is 1. The minimum absolute atomic E-state index is 0.227. The second-order valence-corrected chi connectivity index (χ2v) is 3.34. The third-order valence-corrected chi connectivity index (χ3v) is 2.37. The van der Waals surface area contributed by atoms with Gasteiger partial charge in [0.2, 0.25) is 0 Å². The number of carbonyl (C=O) groups is 1. The van der Waals surface area contributed by atoms with Gasteiger partial charge >= 0.3 is 5.97 Å². The highest BCUT2D eigenvalue weighted by molar-refractivity contribution is 5.95. The molecule has 0 atom stereocenters. The predicted molar refractivity (Wildman–Crippen MR) is 54.3 cm³/mol. The van der Waals surface area contributed by atoms with Gasteiger partial charge in [-0.15, -0.1) is 0 Å². The van der Waals surface area contributed by atoms with Crippen LogP contribution < -0.4 is 0 Å². The highest BCUT2D eigenvalue weighted by Gasteiger charge is 2.12. The van der Waals surface area contributed by atoms with Gasteiger partial charge in [0.25, 0.3) is 0 Å². The fraction of sp³-hybridized carbons (Fsp3) is 0.182. The third-order valence-electron chi connectivity index (χ3n) is 2.37. The van der Waals surface area contributed by atoms with Gasteiger partial charge in [-0.2, -0.15) is 0 Å². The van der Waals surface area contributed by atoms with E-state index < -0.39 is 11.8 Å². The molecule has 0 aliphatic heterocycles. The molecule has 0 saturated carbocycles. The topological polar surface area (TPSA) is 42.1 Å². The molecule has 0 aliphatic carbocycles. The van der Waals surface area contributed by atoms with Crippen LogP contribution in [0.2, 0.25) is 0 Å². The Balaban J connectivity index is 2.70. The smallest absolute Gasteiger partial charge is 0.337 e. The van der Waals surface area contributed by atoms with Crippen molar-refractivity contribution >= 4 is 16.9 Å². The summed E-state index contributed by atoms with van der Waals surface area (Å²) in [7, 11) is 1.27. The molecule has 3 nitrogen and oxygen atoms in total. The highest BCUT2D eigenvalue weighted by Crippen LogP contribution is 2.22. The molecule has 0 unspecified atom stereocenters. The van der Waals surface area contributed by atoms with Crippen LogP contribution >= 0.6 is 0 Å². The molecule has 1 aromatic carbocycles. The summed E-state index contributed by atoms with van der Waals surface area (Å²) in [5.41, 5.74) is 1.54. The fourth-order valence-corrected chi connectivity index (χ4v) is 1.56. The monoisotopic (exact) mass is 207 g/mol. The van der Waals surface area contributed by atoms with Crippen molar-refractivity contribution in [3.8, 4) is 0 Å². The first-order valence-electron chi connectivity index (χ1n) is 4.49. The quantitative estimate of drug-likeness (QED) is 0.729. The first-order valence-corrected chi connectivity index (χ1v) is 4.49. The summed E-state index contributed by atoms with van der Waals surface area (Å²) in [5.74, 6) is -0.975. The molecule has 1 heterocycles. The van der Waals surface area contributed by atoms with Crippen molar-refractivity contribution in [2.45, 2.75) is 6.92 Å². The Hall–Kier alpha value is -1.84. The van der Waals surface area contributed by atoms with Crippen LogP contribution in [0.4, 0.5) is 4.39 Å². The van der Waals surface area contributed by atoms with Crippen LogP contribution in [-0.2, 0) is 4.74 Å². The predicted octanol–water partition coefficient (Wildman–Crippen LogP) is 2.40. The number of nitrogens with one attached hydrogen (secondary N) is 1. The Morgan fingerprint density at radius 2 is 2.20 bits per heavy atom. The van der Waals surface area contributed by atoms with Gasteiger partial charge in [0.15, 0.2) is 0 Å². The normalized spacial score (nSPS) is 10.6. The summed E-state index contributed by atoms with van der Waals surface area (Å²) in [6.07, 6.45) is 1.70. The molecule has 0 spiro atoms. The van der Waals surface area contributed by atoms with Crippen molar-refractivity contribution in [2.24, 2.45) is 0 Å². The van der Waals surface area contributed by atoms with E-state index in [2.05, 4.69) is 9.72 Å². The first-order chi connectivity index (χ1) is 7.13. The van der Waals surface area contributed by atoms with Gasteiger partial charge in [-0.3, -0.25) is 0 Å². The zero-order chi connectivity index (χ0) is 11.0. The van der Waals surface area contributed by atoms with Crippen molar-refractivity contribution in [1.29, 1.82) is 0 Å². The number of ether oxygens (including phenoxy) is 1. The van der Waals surface area contributed by atoms with E-state index in [0.717, 1.165) is 5.56 Å². The van der Waals surface area contributed by atoms with Crippen molar-refractivity contribution < 1.29 is 13.9 Å². The number of aryl methyl sites for hydroxylation is 1. The zero-order valence-corrected chi connectivity index (χ0v) is 8.43. The Labute approximate surface area is 85.9 Å². The summed E-state index contributed by atoms with van der Waals surface area (Å²) in [6.45, 7) is 1.85. The molecular formula is C11H10FNO2. The number of rotatable bonds is 1. The van der Waals surface area contributed by atoms with Crippen LogP contribution in [0.25, 0.3) is 10.9 Å². The zero-order valence-electron chi connectivity index (χ0n) is 8.43. The third kappa shape index (κ3) is 1.48. The molecule has 1 N–H and O–H groups in total. The van der Waals surface area contributed by atoms with Crippen molar-refractivity contribution in [1.82, 2.24) is 4.98 Å². The number of benzene rings is 1. The number of halogens is 1. The van der Waals surface area contributed by atoms with E-state index in [1.54, 1.807) is 12.3 Å². The fourth-order valence-electron chi connectivity index (χ4n) is 1.56. The number of H-pyrrole nitrogens is 1. The first kappa shape index (κ1) is 9.71. The number of carbonyl (C=O) groups excluding carboxylic acids is 1. The van der Waals surface area contributed by atoms with Crippen LogP contribution in [0, 0.1) is 12.7 Å². The molecule has 4 heteroatoms. The molecule has 1 aromatic heterocycles. The maximum Gasteiger partial charge on any atom is 0.337 e. The lowest BCUT2D eigenvalue weighted by Crippen LogP contribution is -2.01. The van der Waals surface area contributed by atoms with Gasteiger partial charge in [-0.25, -0.2) is 9.18 Å². The lowest BCUT2D eigenvalue weighted by atomic mass is 10.1.